The molecule has 110 valence electrons. The topological polar surface area (TPSA) is 33.7 Å². The highest BCUT2D eigenvalue weighted by atomic mass is 32.1. The van der Waals surface area contributed by atoms with Crippen LogP contribution in [0.15, 0.2) is 18.2 Å². The maximum Gasteiger partial charge on any atom is 0.173 e. The van der Waals surface area contributed by atoms with Gasteiger partial charge in [-0.1, -0.05) is 6.92 Å². The van der Waals surface area contributed by atoms with Gasteiger partial charge in [0.05, 0.1) is 14.2 Å². The van der Waals surface area contributed by atoms with Gasteiger partial charge in [-0.15, -0.1) is 0 Å². The second kappa shape index (κ2) is 6.79. The monoisotopic (exact) mass is 294 g/mol. The van der Waals surface area contributed by atoms with E-state index in [4.69, 9.17) is 21.7 Å². The number of hydrogen-bond acceptors (Lipinski definition) is 3. The molecule has 1 N–H and O–H groups in total. The van der Waals surface area contributed by atoms with Crippen LogP contribution >= 0.6 is 12.2 Å². The van der Waals surface area contributed by atoms with Crippen molar-refractivity contribution in [2.24, 2.45) is 5.92 Å². The van der Waals surface area contributed by atoms with Crippen LogP contribution in [-0.4, -0.2) is 37.3 Å². The van der Waals surface area contributed by atoms with Crippen molar-refractivity contribution in [3.63, 3.8) is 0 Å². The summed E-state index contributed by atoms with van der Waals surface area (Å²) >= 11 is 5.49. The number of rotatable bonds is 3. The molecule has 0 aliphatic carbocycles. The van der Waals surface area contributed by atoms with E-state index in [1.54, 1.807) is 14.2 Å². The minimum absolute atomic E-state index is 0.752. The molecular formula is C15H22N2O2S. The number of nitrogens with zero attached hydrogens (tertiary/aromatic N) is 1. The second-order valence-corrected chi connectivity index (χ2v) is 5.59. The summed E-state index contributed by atoms with van der Waals surface area (Å²) in [4.78, 5) is 2.22. The van der Waals surface area contributed by atoms with Gasteiger partial charge < -0.3 is 19.7 Å². The van der Waals surface area contributed by atoms with E-state index in [-0.39, 0.29) is 0 Å². The molecule has 0 atom stereocenters. The van der Waals surface area contributed by atoms with Crippen LogP contribution in [0, 0.1) is 5.92 Å². The van der Waals surface area contributed by atoms with Crippen LogP contribution in [0.2, 0.25) is 0 Å². The lowest BCUT2D eigenvalue weighted by atomic mass is 10.00. The normalized spacial score (nSPS) is 15.8. The highest BCUT2D eigenvalue weighted by Gasteiger charge is 2.18. The maximum absolute atomic E-state index is 5.49. The van der Waals surface area contributed by atoms with Crippen LogP contribution in [0.25, 0.3) is 0 Å². The van der Waals surface area contributed by atoms with E-state index >= 15 is 0 Å². The van der Waals surface area contributed by atoms with E-state index in [0.29, 0.717) is 0 Å². The molecule has 1 aromatic carbocycles. The summed E-state index contributed by atoms with van der Waals surface area (Å²) in [6, 6.07) is 5.68. The summed E-state index contributed by atoms with van der Waals surface area (Å²) in [6.07, 6.45) is 2.40. The van der Waals surface area contributed by atoms with E-state index in [1.807, 2.05) is 18.2 Å². The van der Waals surface area contributed by atoms with Crippen molar-refractivity contribution in [1.29, 1.82) is 0 Å². The average Bonchev–Trinajstić information content (AvgIpc) is 2.47. The van der Waals surface area contributed by atoms with Crippen molar-refractivity contribution in [3.8, 4) is 11.5 Å². The predicted molar refractivity (Wildman–Crippen MR) is 85.7 cm³/mol. The van der Waals surface area contributed by atoms with Crippen LogP contribution in [0.3, 0.4) is 0 Å². The second-order valence-electron chi connectivity index (χ2n) is 5.20. The standard InChI is InChI=1S/C15H22N2O2S/c1-11-4-6-17(7-5-11)15(20)16-12-8-13(18-2)10-14(9-12)19-3/h8-11H,4-7H2,1-3H3,(H,16,20). The molecule has 0 saturated carbocycles. The molecular weight excluding hydrogens is 272 g/mol. The van der Waals surface area contributed by atoms with E-state index in [0.717, 1.165) is 41.3 Å². The van der Waals surface area contributed by atoms with Gasteiger partial charge >= 0.3 is 0 Å². The van der Waals surface area contributed by atoms with Gasteiger partial charge in [0, 0.05) is 37.0 Å². The van der Waals surface area contributed by atoms with Gasteiger partial charge in [0.2, 0.25) is 0 Å². The number of piperidine rings is 1. The molecule has 1 heterocycles. The predicted octanol–water partition coefficient (Wildman–Crippen LogP) is 3.13. The highest BCUT2D eigenvalue weighted by molar-refractivity contribution is 7.80. The Morgan fingerprint density at radius 3 is 2.20 bits per heavy atom. The van der Waals surface area contributed by atoms with Crippen molar-refractivity contribution in [1.82, 2.24) is 4.90 Å². The Labute approximate surface area is 126 Å². The number of benzene rings is 1. The van der Waals surface area contributed by atoms with E-state index in [9.17, 15) is 0 Å². The molecule has 20 heavy (non-hydrogen) atoms. The lowest BCUT2D eigenvalue weighted by molar-refractivity contribution is 0.283. The molecule has 0 spiro atoms. The molecule has 1 saturated heterocycles. The molecule has 5 heteroatoms. The number of likely N-dealkylation sites (tertiary alicyclic amines) is 1. The summed E-state index contributed by atoms with van der Waals surface area (Å²) in [5.41, 5.74) is 0.893. The average molecular weight is 294 g/mol. The minimum atomic E-state index is 0.752. The molecule has 0 unspecified atom stereocenters. The fraction of sp³-hybridized carbons (Fsp3) is 0.533. The minimum Gasteiger partial charge on any atom is -0.497 e. The van der Waals surface area contributed by atoms with Crippen LogP contribution in [-0.2, 0) is 0 Å². The Hall–Kier alpha value is -1.49. The summed E-state index contributed by atoms with van der Waals surface area (Å²) in [7, 11) is 3.28. The van der Waals surface area contributed by atoms with Crippen molar-refractivity contribution in [2.45, 2.75) is 19.8 Å². The van der Waals surface area contributed by atoms with Gasteiger partial charge in [-0.05, 0) is 31.0 Å². The Bertz CT molecular complexity index is 449. The number of ether oxygens (including phenoxy) is 2. The number of methoxy groups -OCH3 is 2. The number of nitrogens with one attached hydrogen (secondary N) is 1. The van der Waals surface area contributed by atoms with Gasteiger partial charge in [0.25, 0.3) is 0 Å². The van der Waals surface area contributed by atoms with E-state index in [1.165, 1.54) is 12.8 Å². The van der Waals surface area contributed by atoms with Crippen LogP contribution < -0.4 is 14.8 Å². The van der Waals surface area contributed by atoms with E-state index < -0.39 is 0 Å². The number of thiocarbonyl (C=S) groups is 1. The van der Waals surface area contributed by atoms with Gasteiger partial charge in [-0.25, -0.2) is 0 Å². The molecule has 0 radical (unpaired) electrons. The third-order valence-corrected chi connectivity index (χ3v) is 4.03. The molecule has 4 nitrogen and oxygen atoms in total. The maximum atomic E-state index is 5.49. The van der Waals surface area contributed by atoms with Crippen molar-refractivity contribution in [2.75, 3.05) is 32.6 Å². The summed E-state index contributed by atoms with van der Waals surface area (Å²) < 4.78 is 10.5. The van der Waals surface area contributed by atoms with Gasteiger partial charge in [0.15, 0.2) is 5.11 Å². The molecule has 1 aliphatic rings. The summed E-state index contributed by atoms with van der Waals surface area (Å²) in [5, 5.41) is 4.04. The fourth-order valence-corrected chi connectivity index (χ4v) is 2.59. The zero-order valence-corrected chi connectivity index (χ0v) is 13.1. The highest BCUT2D eigenvalue weighted by Crippen LogP contribution is 2.26. The lowest BCUT2D eigenvalue weighted by Crippen LogP contribution is -2.40. The zero-order chi connectivity index (χ0) is 14.5. The first kappa shape index (κ1) is 14.9. The smallest absolute Gasteiger partial charge is 0.173 e. The first-order valence-corrected chi connectivity index (χ1v) is 7.32. The quantitative estimate of drug-likeness (QED) is 0.866. The van der Waals surface area contributed by atoms with Crippen molar-refractivity contribution in [3.05, 3.63) is 18.2 Å². The van der Waals surface area contributed by atoms with Crippen LogP contribution in [0.4, 0.5) is 5.69 Å². The first-order valence-electron chi connectivity index (χ1n) is 6.91. The van der Waals surface area contributed by atoms with Crippen molar-refractivity contribution >= 4 is 23.0 Å². The molecule has 1 aliphatic heterocycles. The summed E-state index contributed by atoms with van der Waals surface area (Å²) in [6.45, 7) is 4.34. The zero-order valence-electron chi connectivity index (χ0n) is 12.3. The molecule has 1 aromatic rings. The molecule has 1 fully saturated rings. The Kier molecular flexibility index (Phi) is 5.06. The molecule has 0 aromatic heterocycles. The number of hydrogen-bond donors (Lipinski definition) is 1. The first-order chi connectivity index (χ1) is 9.62. The molecule has 0 bridgehead atoms. The Balaban J connectivity index is 2.03. The SMILES string of the molecule is COc1cc(NC(=S)N2CCC(C)CC2)cc(OC)c1. The van der Waals surface area contributed by atoms with Gasteiger partial charge in [0.1, 0.15) is 11.5 Å². The lowest BCUT2D eigenvalue weighted by Gasteiger charge is -2.32. The Morgan fingerprint density at radius 1 is 1.15 bits per heavy atom. The van der Waals surface area contributed by atoms with Gasteiger partial charge in [-0.3, -0.25) is 0 Å². The molecule has 0 amide bonds. The summed E-state index contributed by atoms with van der Waals surface area (Å²) in [5.74, 6) is 2.30. The fourth-order valence-electron chi connectivity index (χ4n) is 2.29. The third-order valence-electron chi connectivity index (χ3n) is 3.67. The largest absolute Gasteiger partial charge is 0.497 e. The van der Waals surface area contributed by atoms with E-state index in [2.05, 4.69) is 17.1 Å². The Morgan fingerprint density at radius 2 is 1.70 bits per heavy atom. The van der Waals surface area contributed by atoms with Crippen molar-refractivity contribution < 1.29 is 9.47 Å². The number of anilines is 1. The van der Waals surface area contributed by atoms with Crippen LogP contribution in [0.1, 0.15) is 19.8 Å². The van der Waals surface area contributed by atoms with Gasteiger partial charge in [-0.2, -0.15) is 0 Å². The third kappa shape index (κ3) is 3.76. The molecule has 2 rings (SSSR count). The van der Waals surface area contributed by atoms with Crippen LogP contribution in [0.5, 0.6) is 11.5 Å².